The van der Waals surface area contributed by atoms with Crippen LogP contribution in [-0.4, -0.2) is 5.78 Å². The molecule has 1 nitrogen and oxygen atoms in total. The van der Waals surface area contributed by atoms with Gasteiger partial charge in [0.2, 0.25) is 0 Å². The smallest absolute Gasteiger partial charge is 0.172 e. The Morgan fingerprint density at radius 1 is 1.70 bits per heavy atom. The summed E-state index contributed by atoms with van der Waals surface area (Å²) in [6.45, 7) is 2.02. The molecule has 0 amide bonds. The Bertz CT molecular complexity index is 201. The Morgan fingerprint density at radius 2 is 2.50 bits per heavy atom. The lowest BCUT2D eigenvalue weighted by Crippen LogP contribution is -1.92. The van der Waals surface area contributed by atoms with Crippen LogP contribution in [0.15, 0.2) is 17.5 Å². The number of Topliss-reactive ketones (excluding diaryl/α,β-unsaturated/α-hetero) is 1. The molecule has 0 bridgehead atoms. The SMILES string of the molecule is CCCC(=O)c1cccs1. The van der Waals surface area contributed by atoms with E-state index >= 15 is 0 Å². The van der Waals surface area contributed by atoms with Crippen LogP contribution < -0.4 is 0 Å². The van der Waals surface area contributed by atoms with Gasteiger partial charge in [0.15, 0.2) is 5.78 Å². The van der Waals surface area contributed by atoms with Gasteiger partial charge < -0.3 is 0 Å². The summed E-state index contributed by atoms with van der Waals surface area (Å²) in [5.41, 5.74) is 0. The highest BCUT2D eigenvalue weighted by Crippen LogP contribution is 2.11. The molecule has 2 heteroatoms. The Labute approximate surface area is 64.7 Å². The first-order valence-corrected chi connectivity index (χ1v) is 4.29. The number of hydrogen-bond acceptors (Lipinski definition) is 2. The predicted molar refractivity (Wildman–Crippen MR) is 43.6 cm³/mol. The average molecular weight is 154 g/mol. The van der Waals surface area contributed by atoms with E-state index in [1.54, 1.807) is 0 Å². The molecule has 0 fully saturated rings. The van der Waals surface area contributed by atoms with Crippen LogP contribution in [0, 0.1) is 0 Å². The third-order valence-corrected chi connectivity index (χ3v) is 2.18. The van der Waals surface area contributed by atoms with Crippen molar-refractivity contribution in [3.05, 3.63) is 22.4 Å². The summed E-state index contributed by atoms with van der Waals surface area (Å²) in [7, 11) is 0. The van der Waals surface area contributed by atoms with Crippen molar-refractivity contribution >= 4 is 17.1 Å². The van der Waals surface area contributed by atoms with Crippen LogP contribution in [0.3, 0.4) is 0 Å². The maximum atomic E-state index is 11.1. The van der Waals surface area contributed by atoms with Crippen LogP contribution in [0.5, 0.6) is 0 Å². The second-order valence-corrected chi connectivity index (χ2v) is 3.10. The summed E-state index contributed by atoms with van der Waals surface area (Å²) in [6, 6.07) is 3.79. The highest BCUT2D eigenvalue weighted by Gasteiger charge is 2.03. The first kappa shape index (κ1) is 7.48. The van der Waals surface area contributed by atoms with Crippen LogP contribution in [0.25, 0.3) is 0 Å². The minimum Gasteiger partial charge on any atom is -0.293 e. The normalized spacial score (nSPS) is 9.70. The molecule has 0 aliphatic carbocycles. The van der Waals surface area contributed by atoms with Gasteiger partial charge in [-0.05, 0) is 17.9 Å². The Balaban J connectivity index is 2.59. The second kappa shape index (κ2) is 3.52. The summed E-state index contributed by atoms with van der Waals surface area (Å²) >= 11 is 1.52. The maximum Gasteiger partial charge on any atom is 0.172 e. The van der Waals surface area contributed by atoms with Crippen LogP contribution in [0.1, 0.15) is 29.4 Å². The molecule has 0 spiro atoms. The minimum atomic E-state index is 0.275. The molecule has 0 N–H and O–H groups in total. The summed E-state index contributed by atoms with van der Waals surface area (Å²) in [5, 5.41) is 1.93. The Hall–Kier alpha value is -0.630. The first-order valence-electron chi connectivity index (χ1n) is 3.41. The Morgan fingerprint density at radius 3 is 3.00 bits per heavy atom. The van der Waals surface area contributed by atoms with E-state index in [-0.39, 0.29) is 5.78 Å². The second-order valence-electron chi connectivity index (χ2n) is 2.15. The molecule has 0 aliphatic heterocycles. The van der Waals surface area contributed by atoms with Crippen LogP contribution in [0.4, 0.5) is 0 Å². The fraction of sp³-hybridized carbons (Fsp3) is 0.375. The molecule has 0 saturated heterocycles. The summed E-state index contributed by atoms with van der Waals surface area (Å²) in [4.78, 5) is 12.0. The van der Waals surface area contributed by atoms with Crippen molar-refractivity contribution in [1.29, 1.82) is 0 Å². The fourth-order valence-electron chi connectivity index (χ4n) is 0.787. The third kappa shape index (κ3) is 1.67. The maximum absolute atomic E-state index is 11.1. The lowest BCUT2D eigenvalue weighted by Gasteiger charge is -1.90. The predicted octanol–water partition coefficient (Wildman–Crippen LogP) is 2.73. The fourth-order valence-corrected chi connectivity index (χ4v) is 1.48. The van der Waals surface area contributed by atoms with Gasteiger partial charge in [-0.25, -0.2) is 0 Å². The van der Waals surface area contributed by atoms with Crippen molar-refractivity contribution in [3.8, 4) is 0 Å². The van der Waals surface area contributed by atoms with Gasteiger partial charge in [0.1, 0.15) is 0 Å². The zero-order chi connectivity index (χ0) is 7.40. The van der Waals surface area contributed by atoms with E-state index < -0.39 is 0 Å². The number of carbonyl (C=O) groups excluding carboxylic acids is 1. The van der Waals surface area contributed by atoms with Crippen molar-refractivity contribution in [1.82, 2.24) is 0 Å². The van der Waals surface area contributed by atoms with Crippen molar-refractivity contribution in [2.75, 3.05) is 0 Å². The largest absolute Gasteiger partial charge is 0.293 e. The van der Waals surface area contributed by atoms with E-state index in [4.69, 9.17) is 0 Å². The van der Waals surface area contributed by atoms with E-state index in [1.807, 2.05) is 24.4 Å². The molecule has 1 aromatic heterocycles. The number of thiophene rings is 1. The quantitative estimate of drug-likeness (QED) is 0.612. The van der Waals surface area contributed by atoms with E-state index in [1.165, 1.54) is 11.3 Å². The van der Waals surface area contributed by atoms with Crippen molar-refractivity contribution in [2.24, 2.45) is 0 Å². The standard InChI is InChI=1S/C8H10OS/c1-2-4-7(9)8-5-3-6-10-8/h3,5-6H,2,4H2,1H3. The van der Waals surface area contributed by atoms with Crippen LogP contribution in [0.2, 0.25) is 0 Å². The van der Waals surface area contributed by atoms with E-state index in [0.717, 1.165) is 11.3 Å². The van der Waals surface area contributed by atoms with E-state index in [0.29, 0.717) is 6.42 Å². The molecule has 0 aromatic carbocycles. The summed E-state index contributed by atoms with van der Waals surface area (Å²) in [5.74, 6) is 0.275. The highest BCUT2D eigenvalue weighted by molar-refractivity contribution is 7.12. The van der Waals surface area contributed by atoms with Gasteiger partial charge >= 0.3 is 0 Å². The lowest BCUT2D eigenvalue weighted by atomic mass is 10.2. The van der Waals surface area contributed by atoms with Crippen LogP contribution >= 0.6 is 11.3 Å². The highest BCUT2D eigenvalue weighted by atomic mass is 32.1. The van der Waals surface area contributed by atoms with E-state index in [9.17, 15) is 4.79 Å². The van der Waals surface area contributed by atoms with Crippen molar-refractivity contribution in [2.45, 2.75) is 19.8 Å². The van der Waals surface area contributed by atoms with E-state index in [2.05, 4.69) is 0 Å². The van der Waals surface area contributed by atoms with Gasteiger partial charge in [-0.1, -0.05) is 13.0 Å². The van der Waals surface area contributed by atoms with Gasteiger partial charge in [0.05, 0.1) is 4.88 Å². The molecule has 1 rings (SSSR count). The van der Waals surface area contributed by atoms with Gasteiger partial charge in [0.25, 0.3) is 0 Å². The van der Waals surface area contributed by atoms with Gasteiger partial charge in [-0.3, -0.25) is 4.79 Å². The molecule has 54 valence electrons. The third-order valence-electron chi connectivity index (χ3n) is 1.27. The molecule has 0 atom stereocenters. The zero-order valence-corrected chi connectivity index (χ0v) is 6.78. The van der Waals surface area contributed by atoms with Crippen molar-refractivity contribution < 1.29 is 4.79 Å². The molecule has 0 aliphatic rings. The zero-order valence-electron chi connectivity index (χ0n) is 5.96. The van der Waals surface area contributed by atoms with Crippen LogP contribution in [-0.2, 0) is 0 Å². The number of ketones is 1. The molecule has 0 unspecified atom stereocenters. The molecule has 0 radical (unpaired) electrons. The minimum absolute atomic E-state index is 0.275. The first-order chi connectivity index (χ1) is 4.84. The molecule has 0 saturated carbocycles. The summed E-state index contributed by atoms with van der Waals surface area (Å²) < 4.78 is 0. The number of rotatable bonds is 3. The number of hydrogen-bond donors (Lipinski definition) is 0. The van der Waals surface area contributed by atoms with Crippen molar-refractivity contribution in [3.63, 3.8) is 0 Å². The van der Waals surface area contributed by atoms with Gasteiger partial charge in [0, 0.05) is 6.42 Å². The van der Waals surface area contributed by atoms with Gasteiger partial charge in [-0.2, -0.15) is 0 Å². The lowest BCUT2D eigenvalue weighted by molar-refractivity contribution is 0.0985. The Kier molecular flexibility index (Phi) is 2.63. The molecule has 1 aromatic rings. The van der Waals surface area contributed by atoms with Gasteiger partial charge in [-0.15, -0.1) is 11.3 Å². The molecule has 1 heterocycles. The molecular formula is C8H10OS. The topological polar surface area (TPSA) is 17.1 Å². The number of carbonyl (C=O) groups is 1. The molecular weight excluding hydrogens is 144 g/mol. The monoisotopic (exact) mass is 154 g/mol. The average Bonchev–Trinajstić information content (AvgIpc) is 2.38. The molecule has 10 heavy (non-hydrogen) atoms. The summed E-state index contributed by atoms with van der Waals surface area (Å²) in [6.07, 6.45) is 1.62.